The zero-order valence-corrected chi connectivity index (χ0v) is 11.1. The van der Waals surface area contributed by atoms with Crippen molar-refractivity contribution >= 4 is 5.97 Å². The molecule has 0 amide bonds. The SMILES string of the molecule is CCNC(C)(Cc1ccc(F)cc1)C(=O)OCC. The van der Waals surface area contributed by atoms with Crippen molar-refractivity contribution in [3.8, 4) is 0 Å². The van der Waals surface area contributed by atoms with E-state index in [1.54, 1.807) is 26.0 Å². The first-order chi connectivity index (χ1) is 8.51. The van der Waals surface area contributed by atoms with Crippen molar-refractivity contribution in [3.63, 3.8) is 0 Å². The lowest BCUT2D eigenvalue weighted by atomic mass is 9.92. The molecule has 1 rings (SSSR count). The highest BCUT2D eigenvalue weighted by Gasteiger charge is 2.33. The minimum atomic E-state index is -0.775. The zero-order chi connectivity index (χ0) is 13.6. The summed E-state index contributed by atoms with van der Waals surface area (Å²) in [5.41, 5.74) is 0.121. The number of rotatable bonds is 6. The topological polar surface area (TPSA) is 38.3 Å². The van der Waals surface area contributed by atoms with Crippen molar-refractivity contribution in [2.45, 2.75) is 32.7 Å². The first-order valence-corrected chi connectivity index (χ1v) is 6.18. The van der Waals surface area contributed by atoms with Crippen LogP contribution < -0.4 is 5.32 Å². The quantitative estimate of drug-likeness (QED) is 0.791. The molecule has 1 unspecified atom stereocenters. The number of likely N-dealkylation sites (N-methyl/N-ethyl adjacent to an activating group) is 1. The van der Waals surface area contributed by atoms with E-state index in [0.29, 0.717) is 19.6 Å². The molecule has 1 N–H and O–H groups in total. The second-order valence-corrected chi connectivity index (χ2v) is 4.39. The van der Waals surface area contributed by atoms with Crippen molar-refractivity contribution in [2.75, 3.05) is 13.2 Å². The van der Waals surface area contributed by atoms with Gasteiger partial charge in [0.05, 0.1) is 6.61 Å². The van der Waals surface area contributed by atoms with Crippen molar-refractivity contribution in [2.24, 2.45) is 0 Å². The molecular weight excluding hydrogens is 233 g/mol. The highest BCUT2D eigenvalue weighted by Crippen LogP contribution is 2.16. The number of nitrogens with one attached hydrogen (secondary N) is 1. The van der Waals surface area contributed by atoms with Crippen LogP contribution in [0, 0.1) is 5.82 Å². The molecule has 0 saturated heterocycles. The molecule has 0 aliphatic heterocycles. The van der Waals surface area contributed by atoms with Crippen LogP contribution in [0.25, 0.3) is 0 Å². The summed E-state index contributed by atoms with van der Waals surface area (Å²) < 4.78 is 17.9. The lowest BCUT2D eigenvalue weighted by Crippen LogP contribution is -2.52. The first kappa shape index (κ1) is 14.6. The molecule has 1 atom stereocenters. The van der Waals surface area contributed by atoms with Crippen LogP contribution in [0.5, 0.6) is 0 Å². The van der Waals surface area contributed by atoms with E-state index in [2.05, 4.69) is 5.32 Å². The van der Waals surface area contributed by atoms with E-state index in [1.807, 2.05) is 6.92 Å². The number of ether oxygens (including phenoxy) is 1. The molecule has 0 aliphatic rings. The van der Waals surface area contributed by atoms with Crippen molar-refractivity contribution in [1.82, 2.24) is 5.32 Å². The summed E-state index contributed by atoms with van der Waals surface area (Å²) in [6.45, 7) is 6.53. The third-order valence-electron chi connectivity index (χ3n) is 2.76. The predicted molar refractivity (Wildman–Crippen MR) is 68.8 cm³/mol. The summed E-state index contributed by atoms with van der Waals surface area (Å²) in [5.74, 6) is -0.559. The molecule has 0 radical (unpaired) electrons. The Labute approximate surface area is 107 Å². The van der Waals surface area contributed by atoms with Crippen LogP contribution in [-0.2, 0) is 16.0 Å². The Kier molecular flexibility index (Phi) is 5.28. The van der Waals surface area contributed by atoms with Crippen LogP contribution in [0.1, 0.15) is 26.3 Å². The Morgan fingerprint density at radius 3 is 2.44 bits per heavy atom. The van der Waals surface area contributed by atoms with E-state index < -0.39 is 5.54 Å². The average molecular weight is 253 g/mol. The van der Waals surface area contributed by atoms with Gasteiger partial charge in [0.2, 0.25) is 0 Å². The smallest absolute Gasteiger partial charge is 0.326 e. The second-order valence-electron chi connectivity index (χ2n) is 4.39. The average Bonchev–Trinajstić information content (AvgIpc) is 2.33. The van der Waals surface area contributed by atoms with E-state index in [1.165, 1.54) is 12.1 Å². The summed E-state index contributed by atoms with van der Waals surface area (Å²) in [6.07, 6.45) is 0.472. The van der Waals surface area contributed by atoms with E-state index in [0.717, 1.165) is 5.56 Å². The maximum absolute atomic E-state index is 12.8. The fourth-order valence-corrected chi connectivity index (χ4v) is 1.90. The standard InChI is InChI=1S/C14H20FNO2/c1-4-16-14(3,13(17)18-5-2)10-11-6-8-12(15)9-7-11/h6-9,16H,4-5,10H2,1-3H3. The molecule has 18 heavy (non-hydrogen) atoms. The van der Waals surface area contributed by atoms with Crippen LogP contribution in [0.3, 0.4) is 0 Å². The summed E-state index contributed by atoms with van der Waals surface area (Å²) in [6, 6.07) is 6.16. The molecule has 3 nitrogen and oxygen atoms in total. The Bertz CT molecular complexity index is 391. The monoisotopic (exact) mass is 253 g/mol. The van der Waals surface area contributed by atoms with E-state index in [4.69, 9.17) is 4.74 Å². The molecule has 4 heteroatoms. The fourth-order valence-electron chi connectivity index (χ4n) is 1.90. The number of hydrogen-bond donors (Lipinski definition) is 1. The fraction of sp³-hybridized carbons (Fsp3) is 0.500. The molecule has 100 valence electrons. The van der Waals surface area contributed by atoms with Crippen LogP contribution in [0.2, 0.25) is 0 Å². The molecule has 0 saturated carbocycles. The predicted octanol–water partition coefficient (Wildman–Crippen LogP) is 2.30. The van der Waals surface area contributed by atoms with Gasteiger partial charge in [0.15, 0.2) is 0 Å². The van der Waals surface area contributed by atoms with Crippen LogP contribution >= 0.6 is 0 Å². The molecule has 0 fully saturated rings. The minimum Gasteiger partial charge on any atom is -0.465 e. The molecule has 0 spiro atoms. The first-order valence-electron chi connectivity index (χ1n) is 6.18. The second kappa shape index (κ2) is 6.50. The highest BCUT2D eigenvalue weighted by molar-refractivity contribution is 5.80. The largest absolute Gasteiger partial charge is 0.465 e. The van der Waals surface area contributed by atoms with Gasteiger partial charge in [0.1, 0.15) is 11.4 Å². The van der Waals surface area contributed by atoms with Crippen molar-refractivity contribution < 1.29 is 13.9 Å². The van der Waals surface area contributed by atoms with Crippen LogP contribution in [0.15, 0.2) is 24.3 Å². The van der Waals surface area contributed by atoms with E-state index in [9.17, 15) is 9.18 Å². The van der Waals surface area contributed by atoms with Gasteiger partial charge < -0.3 is 10.1 Å². The van der Waals surface area contributed by atoms with Gasteiger partial charge in [-0.3, -0.25) is 4.79 Å². The third kappa shape index (κ3) is 3.81. The Morgan fingerprint density at radius 2 is 1.94 bits per heavy atom. The lowest BCUT2D eigenvalue weighted by Gasteiger charge is -2.28. The molecule has 0 aliphatic carbocycles. The number of carbonyl (C=O) groups excluding carboxylic acids is 1. The normalized spacial score (nSPS) is 14.0. The third-order valence-corrected chi connectivity index (χ3v) is 2.76. The van der Waals surface area contributed by atoms with E-state index >= 15 is 0 Å². The number of halogens is 1. The van der Waals surface area contributed by atoms with Gasteiger partial charge in [-0.15, -0.1) is 0 Å². The molecule has 1 aromatic carbocycles. The van der Waals surface area contributed by atoms with Gasteiger partial charge in [0, 0.05) is 6.42 Å². The molecular formula is C14H20FNO2. The molecule has 0 heterocycles. The number of benzene rings is 1. The highest BCUT2D eigenvalue weighted by atomic mass is 19.1. The number of carbonyl (C=O) groups is 1. The maximum Gasteiger partial charge on any atom is 0.326 e. The van der Waals surface area contributed by atoms with Crippen LogP contribution in [-0.4, -0.2) is 24.7 Å². The van der Waals surface area contributed by atoms with Gasteiger partial charge in [-0.25, -0.2) is 4.39 Å². The lowest BCUT2D eigenvalue weighted by molar-refractivity contribution is -0.150. The summed E-state index contributed by atoms with van der Waals surface area (Å²) in [5, 5.41) is 3.14. The number of hydrogen-bond acceptors (Lipinski definition) is 3. The Balaban J connectivity index is 2.84. The molecule has 0 aromatic heterocycles. The van der Waals surface area contributed by atoms with Gasteiger partial charge >= 0.3 is 5.97 Å². The van der Waals surface area contributed by atoms with Gasteiger partial charge in [0.25, 0.3) is 0 Å². The van der Waals surface area contributed by atoms with E-state index in [-0.39, 0.29) is 11.8 Å². The van der Waals surface area contributed by atoms with Gasteiger partial charge in [-0.1, -0.05) is 19.1 Å². The summed E-state index contributed by atoms with van der Waals surface area (Å²) >= 11 is 0. The summed E-state index contributed by atoms with van der Waals surface area (Å²) in [4.78, 5) is 12.0. The Hall–Kier alpha value is -1.42. The van der Waals surface area contributed by atoms with Gasteiger partial charge in [-0.05, 0) is 38.1 Å². The van der Waals surface area contributed by atoms with Crippen molar-refractivity contribution in [3.05, 3.63) is 35.6 Å². The van der Waals surface area contributed by atoms with Gasteiger partial charge in [-0.2, -0.15) is 0 Å². The summed E-state index contributed by atoms with van der Waals surface area (Å²) in [7, 11) is 0. The maximum atomic E-state index is 12.8. The van der Waals surface area contributed by atoms with Crippen molar-refractivity contribution in [1.29, 1.82) is 0 Å². The zero-order valence-electron chi connectivity index (χ0n) is 11.1. The number of esters is 1. The minimum absolute atomic E-state index is 0.278. The molecule has 0 bridgehead atoms. The Morgan fingerprint density at radius 1 is 1.33 bits per heavy atom. The van der Waals surface area contributed by atoms with Crippen LogP contribution in [0.4, 0.5) is 4.39 Å². The molecule has 1 aromatic rings.